The normalized spacial score (nSPS) is 10.9. The van der Waals surface area contributed by atoms with Gasteiger partial charge >= 0.3 is 11.9 Å². The predicted octanol–water partition coefficient (Wildman–Crippen LogP) is 4.56. The van der Waals surface area contributed by atoms with E-state index in [9.17, 15) is 9.59 Å². The SMILES string of the molecule is CC/C=C/CCOC(=O)CCC(=O)OCc1ccc2ccccc2c1. The Hall–Kier alpha value is -2.62. The quantitative estimate of drug-likeness (QED) is 0.381. The van der Waals surface area contributed by atoms with Crippen LogP contribution in [0.5, 0.6) is 0 Å². The summed E-state index contributed by atoms with van der Waals surface area (Å²) in [5.74, 6) is -0.761. The highest BCUT2D eigenvalue weighted by Gasteiger charge is 2.09. The molecule has 0 fully saturated rings. The molecule has 0 N–H and O–H groups in total. The Balaban J connectivity index is 1.67. The number of ether oxygens (including phenoxy) is 2. The van der Waals surface area contributed by atoms with Crippen molar-refractivity contribution in [3.05, 3.63) is 60.2 Å². The Labute approximate surface area is 148 Å². The van der Waals surface area contributed by atoms with Gasteiger partial charge in [-0.3, -0.25) is 9.59 Å². The van der Waals surface area contributed by atoms with Crippen LogP contribution < -0.4 is 0 Å². The molecule has 132 valence electrons. The van der Waals surface area contributed by atoms with Crippen molar-refractivity contribution in [3.8, 4) is 0 Å². The number of benzene rings is 2. The first-order chi connectivity index (χ1) is 12.2. The van der Waals surface area contributed by atoms with Gasteiger partial charge in [0.25, 0.3) is 0 Å². The Morgan fingerprint density at radius 2 is 1.64 bits per heavy atom. The summed E-state index contributed by atoms with van der Waals surface area (Å²) in [4.78, 5) is 23.3. The van der Waals surface area contributed by atoms with Crippen LogP contribution in [0.15, 0.2) is 54.6 Å². The molecule has 2 aromatic rings. The van der Waals surface area contributed by atoms with Crippen molar-refractivity contribution in [3.63, 3.8) is 0 Å². The van der Waals surface area contributed by atoms with E-state index in [1.54, 1.807) is 0 Å². The van der Waals surface area contributed by atoms with Crippen molar-refractivity contribution in [2.75, 3.05) is 6.61 Å². The Bertz CT molecular complexity index is 734. The zero-order chi connectivity index (χ0) is 17.9. The molecule has 0 amide bonds. The number of hydrogen-bond acceptors (Lipinski definition) is 4. The summed E-state index contributed by atoms with van der Waals surface area (Å²) < 4.78 is 10.3. The van der Waals surface area contributed by atoms with Crippen LogP contribution in [-0.2, 0) is 25.7 Å². The molecule has 0 spiro atoms. The molecule has 0 unspecified atom stereocenters. The van der Waals surface area contributed by atoms with E-state index >= 15 is 0 Å². The van der Waals surface area contributed by atoms with Crippen LogP contribution in [0.3, 0.4) is 0 Å². The van der Waals surface area contributed by atoms with Crippen LogP contribution in [0.4, 0.5) is 0 Å². The molecule has 0 aliphatic rings. The van der Waals surface area contributed by atoms with Crippen molar-refractivity contribution in [1.82, 2.24) is 0 Å². The van der Waals surface area contributed by atoms with Crippen molar-refractivity contribution < 1.29 is 19.1 Å². The van der Waals surface area contributed by atoms with Gasteiger partial charge < -0.3 is 9.47 Å². The molecular formula is C21H24O4. The topological polar surface area (TPSA) is 52.6 Å². The third-order valence-electron chi connectivity index (χ3n) is 3.70. The second-order valence-electron chi connectivity index (χ2n) is 5.73. The van der Waals surface area contributed by atoms with E-state index in [1.807, 2.05) is 61.5 Å². The minimum absolute atomic E-state index is 0.0389. The number of esters is 2. The minimum Gasteiger partial charge on any atom is -0.465 e. The molecular weight excluding hydrogens is 316 g/mol. The highest BCUT2D eigenvalue weighted by atomic mass is 16.5. The molecule has 4 nitrogen and oxygen atoms in total. The average Bonchev–Trinajstić information content (AvgIpc) is 2.64. The summed E-state index contributed by atoms with van der Waals surface area (Å²) in [6, 6.07) is 14.0. The van der Waals surface area contributed by atoms with Gasteiger partial charge in [-0.25, -0.2) is 0 Å². The number of carbonyl (C=O) groups is 2. The lowest BCUT2D eigenvalue weighted by atomic mass is 10.1. The predicted molar refractivity (Wildman–Crippen MR) is 98.0 cm³/mol. The lowest BCUT2D eigenvalue weighted by molar-refractivity contribution is -0.151. The smallest absolute Gasteiger partial charge is 0.306 e. The molecule has 0 radical (unpaired) electrons. The van der Waals surface area contributed by atoms with Crippen LogP contribution in [0, 0.1) is 0 Å². The maximum atomic E-state index is 11.8. The Morgan fingerprint density at radius 1 is 0.920 bits per heavy atom. The van der Waals surface area contributed by atoms with E-state index < -0.39 is 5.97 Å². The fraction of sp³-hybridized carbons (Fsp3) is 0.333. The number of carbonyl (C=O) groups excluding carboxylic acids is 2. The zero-order valence-electron chi connectivity index (χ0n) is 14.6. The third kappa shape index (κ3) is 6.79. The molecule has 0 aliphatic carbocycles. The van der Waals surface area contributed by atoms with Crippen molar-refractivity contribution in [1.29, 1.82) is 0 Å². The van der Waals surface area contributed by atoms with Gasteiger partial charge in [-0.1, -0.05) is 55.5 Å². The molecule has 4 heteroatoms. The Kier molecular flexibility index (Phi) is 7.70. The van der Waals surface area contributed by atoms with Crippen LogP contribution in [0.25, 0.3) is 10.8 Å². The van der Waals surface area contributed by atoms with Crippen molar-refractivity contribution in [2.24, 2.45) is 0 Å². The average molecular weight is 340 g/mol. The van der Waals surface area contributed by atoms with Crippen LogP contribution in [0.2, 0.25) is 0 Å². The summed E-state index contributed by atoms with van der Waals surface area (Å²) in [7, 11) is 0. The molecule has 0 saturated carbocycles. The lowest BCUT2D eigenvalue weighted by Gasteiger charge is -2.06. The second kappa shape index (κ2) is 10.3. The van der Waals surface area contributed by atoms with Gasteiger partial charge in [0, 0.05) is 0 Å². The lowest BCUT2D eigenvalue weighted by Crippen LogP contribution is -2.10. The molecule has 0 aliphatic heterocycles. The molecule has 0 aromatic heterocycles. The van der Waals surface area contributed by atoms with E-state index in [0.29, 0.717) is 13.0 Å². The summed E-state index contributed by atoms with van der Waals surface area (Å²) in [6.07, 6.45) is 5.76. The summed E-state index contributed by atoms with van der Waals surface area (Å²) in [6.45, 7) is 2.61. The maximum Gasteiger partial charge on any atom is 0.306 e. The summed E-state index contributed by atoms with van der Waals surface area (Å²) in [5, 5.41) is 2.26. The first kappa shape index (κ1) is 18.7. The molecule has 2 aromatic carbocycles. The first-order valence-corrected chi connectivity index (χ1v) is 8.63. The van der Waals surface area contributed by atoms with E-state index in [-0.39, 0.29) is 25.4 Å². The maximum absolute atomic E-state index is 11.8. The number of hydrogen-bond donors (Lipinski definition) is 0. The molecule has 0 heterocycles. The van der Waals surface area contributed by atoms with E-state index in [4.69, 9.17) is 9.47 Å². The van der Waals surface area contributed by atoms with Gasteiger partial charge in [-0.15, -0.1) is 0 Å². The van der Waals surface area contributed by atoms with Gasteiger partial charge in [0.2, 0.25) is 0 Å². The standard InChI is InChI=1S/C21H24O4/c1-2-3-4-7-14-24-20(22)12-13-21(23)25-16-17-10-11-18-8-5-6-9-19(18)15-17/h3-6,8-11,15H,2,7,12-14,16H2,1H3/b4-3+. The molecule has 0 saturated heterocycles. The number of fused-ring (bicyclic) bond motifs is 1. The van der Waals surface area contributed by atoms with Crippen molar-refractivity contribution in [2.45, 2.75) is 39.2 Å². The minimum atomic E-state index is -0.393. The Morgan fingerprint density at radius 3 is 2.40 bits per heavy atom. The largest absolute Gasteiger partial charge is 0.465 e. The summed E-state index contributed by atoms with van der Waals surface area (Å²) in [5.41, 5.74) is 0.928. The van der Waals surface area contributed by atoms with E-state index in [0.717, 1.165) is 22.8 Å². The van der Waals surface area contributed by atoms with Crippen molar-refractivity contribution >= 4 is 22.7 Å². The number of rotatable bonds is 9. The first-order valence-electron chi connectivity index (χ1n) is 8.63. The molecule has 0 atom stereocenters. The van der Waals surface area contributed by atoms with Crippen LogP contribution in [0.1, 0.15) is 38.2 Å². The fourth-order valence-corrected chi connectivity index (χ4v) is 2.37. The van der Waals surface area contributed by atoms with Gasteiger partial charge in [-0.05, 0) is 35.2 Å². The third-order valence-corrected chi connectivity index (χ3v) is 3.70. The van der Waals surface area contributed by atoms with Gasteiger partial charge in [0.15, 0.2) is 0 Å². The second-order valence-corrected chi connectivity index (χ2v) is 5.73. The van der Waals surface area contributed by atoms with E-state index in [2.05, 4.69) is 0 Å². The number of allylic oxidation sites excluding steroid dienone is 1. The monoisotopic (exact) mass is 340 g/mol. The van der Waals surface area contributed by atoms with Crippen LogP contribution in [-0.4, -0.2) is 18.5 Å². The van der Waals surface area contributed by atoms with Crippen LogP contribution >= 0.6 is 0 Å². The highest BCUT2D eigenvalue weighted by molar-refractivity contribution is 5.83. The zero-order valence-corrected chi connectivity index (χ0v) is 14.6. The van der Waals surface area contributed by atoms with Gasteiger partial charge in [-0.2, -0.15) is 0 Å². The molecule has 25 heavy (non-hydrogen) atoms. The summed E-state index contributed by atoms with van der Waals surface area (Å²) >= 11 is 0. The van der Waals surface area contributed by atoms with Gasteiger partial charge in [0.1, 0.15) is 6.61 Å². The highest BCUT2D eigenvalue weighted by Crippen LogP contribution is 2.16. The fourth-order valence-electron chi connectivity index (χ4n) is 2.37. The van der Waals surface area contributed by atoms with E-state index in [1.165, 1.54) is 0 Å². The molecule has 0 bridgehead atoms. The van der Waals surface area contributed by atoms with Gasteiger partial charge in [0.05, 0.1) is 19.4 Å². The molecule has 2 rings (SSSR count).